The van der Waals surface area contributed by atoms with E-state index in [0.717, 1.165) is 11.1 Å². The number of carbonyl (C=O) groups is 1. The van der Waals surface area contributed by atoms with Crippen LogP contribution in [-0.4, -0.2) is 31.0 Å². The minimum absolute atomic E-state index is 0.0155. The molecule has 0 bridgehead atoms. The molecule has 0 aliphatic carbocycles. The molecule has 1 fully saturated rings. The average molecular weight is 330 g/mol. The van der Waals surface area contributed by atoms with Crippen LogP contribution in [0.5, 0.6) is 0 Å². The van der Waals surface area contributed by atoms with Gasteiger partial charge < -0.3 is 5.32 Å². The molecule has 1 amide bonds. The fourth-order valence-electron chi connectivity index (χ4n) is 3.03. The summed E-state index contributed by atoms with van der Waals surface area (Å²) in [4.78, 5) is 12.2. The van der Waals surface area contributed by atoms with Crippen molar-refractivity contribution in [3.05, 3.63) is 71.8 Å². The van der Waals surface area contributed by atoms with E-state index in [0.29, 0.717) is 6.54 Å². The normalized spacial score (nSPS) is 19.4. The zero-order valence-corrected chi connectivity index (χ0v) is 13.2. The number of halogens is 2. The van der Waals surface area contributed by atoms with Gasteiger partial charge in [0.25, 0.3) is 5.92 Å². The van der Waals surface area contributed by atoms with Gasteiger partial charge in [-0.2, -0.15) is 0 Å². The summed E-state index contributed by atoms with van der Waals surface area (Å²) in [5.74, 6) is -3.19. The Labute approximate surface area is 140 Å². The monoisotopic (exact) mass is 330 g/mol. The van der Waals surface area contributed by atoms with Crippen LogP contribution in [0.1, 0.15) is 23.5 Å². The molecule has 2 aromatic rings. The first-order valence-electron chi connectivity index (χ1n) is 8.04. The molecule has 3 nitrogen and oxygen atoms in total. The second-order valence-corrected chi connectivity index (χ2v) is 6.11. The Hall–Kier alpha value is -2.27. The van der Waals surface area contributed by atoms with E-state index >= 15 is 0 Å². The number of nitrogens with one attached hydrogen (secondary N) is 2. The predicted octanol–water partition coefficient (Wildman–Crippen LogP) is 2.93. The van der Waals surface area contributed by atoms with Gasteiger partial charge in [0.1, 0.15) is 0 Å². The van der Waals surface area contributed by atoms with Gasteiger partial charge in [-0.25, -0.2) is 8.78 Å². The van der Waals surface area contributed by atoms with Gasteiger partial charge in [0.15, 0.2) is 0 Å². The Morgan fingerprint density at radius 3 is 2.08 bits per heavy atom. The predicted molar refractivity (Wildman–Crippen MR) is 89.1 cm³/mol. The van der Waals surface area contributed by atoms with Gasteiger partial charge in [0, 0.05) is 18.9 Å². The molecular formula is C19H20F2N2O. The van der Waals surface area contributed by atoms with Crippen LogP contribution in [0.15, 0.2) is 60.7 Å². The molecule has 126 valence electrons. The van der Waals surface area contributed by atoms with Crippen LogP contribution in [-0.2, 0) is 4.79 Å². The molecule has 3 rings (SSSR count). The van der Waals surface area contributed by atoms with Crippen LogP contribution in [0.4, 0.5) is 8.78 Å². The smallest absolute Gasteiger partial charge is 0.262 e. The first-order valence-corrected chi connectivity index (χ1v) is 8.04. The Morgan fingerprint density at radius 2 is 1.62 bits per heavy atom. The van der Waals surface area contributed by atoms with E-state index in [1.54, 1.807) is 0 Å². The summed E-state index contributed by atoms with van der Waals surface area (Å²) in [6.07, 6.45) is -0.444. The minimum Gasteiger partial charge on any atom is -0.354 e. The van der Waals surface area contributed by atoms with Gasteiger partial charge in [-0.3, -0.25) is 10.1 Å². The van der Waals surface area contributed by atoms with E-state index in [1.165, 1.54) is 0 Å². The van der Waals surface area contributed by atoms with Crippen LogP contribution in [0.3, 0.4) is 0 Å². The maximum atomic E-state index is 13.2. The van der Waals surface area contributed by atoms with Gasteiger partial charge in [-0.1, -0.05) is 60.7 Å². The maximum Gasteiger partial charge on any atom is 0.262 e. The molecule has 0 radical (unpaired) electrons. The maximum absolute atomic E-state index is 13.2. The van der Waals surface area contributed by atoms with E-state index in [1.807, 2.05) is 60.7 Å². The van der Waals surface area contributed by atoms with Crippen molar-refractivity contribution >= 4 is 5.91 Å². The summed E-state index contributed by atoms with van der Waals surface area (Å²) in [7, 11) is 0. The summed E-state index contributed by atoms with van der Waals surface area (Å²) in [6, 6.07) is 18.9. The summed E-state index contributed by atoms with van der Waals surface area (Å²) in [5, 5.41) is 5.41. The Kier molecular flexibility index (Phi) is 4.90. The van der Waals surface area contributed by atoms with Gasteiger partial charge in [-0.15, -0.1) is 0 Å². The van der Waals surface area contributed by atoms with Crippen LogP contribution in [0.2, 0.25) is 0 Å². The van der Waals surface area contributed by atoms with Crippen molar-refractivity contribution in [2.75, 3.05) is 13.1 Å². The molecule has 0 saturated carbocycles. The molecular weight excluding hydrogens is 310 g/mol. The fourth-order valence-corrected chi connectivity index (χ4v) is 3.03. The van der Waals surface area contributed by atoms with Crippen LogP contribution < -0.4 is 10.6 Å². The molecule has 0 spiro atoms. The second-order valence-electron chi connectivity index (χ2n) is 6.11. The molecule has 1 aliphatic rings. The topological polar surface area (TPSA) is 41.1 Å². The van der Waals surface area contributed by atoms with E-state index < -0.39 is 24.9 Å². The largest absolute Gasteiger partial charge is 0.354 e. The Balaban J connectivity index is 1.70. The van der Waals surface area contributed by atoms with Crippen molar-refractivity contribution in [1.29, 1.82) is 0 Å². The zero-order valence-electron chi connectivity index (χ0n) is 13.2. The third-order valence-electron chi connectivity index (χ3n) is 4.31. The quantitative estimate of drug-likeness (QED) is 0.885. The van der Waals surface area contributed by atoms with E-state index in [-0.39, 0.29) is 11.8 Å². The molecule has 1 aliphatic heterocycles. The fraction of sp³-hybridized carbons (Fsp3) is 0.316. The van der Waals surface area contributed by atoms with Gasteiger partial charge in [-0.05, 0) is 11.1 Å². The number of carbonyl (C=O) groups excluding carboxylic acids is 1. The third-order valence-corrected chi connectivity index (χ3v) is 4.31. The summed E-state index contributed by atoms with van der Waals surface area (Å²) in [5.41, 5.74) is 2.16. The number of rotatable bonds is 5. The zero-order chi connectivity index (χ0) is 17.0. The molecule has 24 heavy (non-hydrogen) atoms. The molecule has 1 saturated heterocycles. The molecule has 1 heterocycles. The van der Waals surface area contributed by atoms with E-state index in [2.05, 4.69) is 10.6 Å². The number of hydrogen-bond acceptors (Lipinski definition) is 2. The lowest BCUT2D eigenvalue weighted by Gasteiger charge is -2.20. The SMILES string of the molecule is O=C(NCC(c1ccccc1)c1ccccc1)C1CC(F)(F)CN1. The lowest BCUT2D eigenvalue weighted by Crippen LogP contribution is -2.42. The second kappa shape index (κ2) is 7.09. The number of amides is 1. The van der Waals surface area contributed by atoms with Gasteiger partial charge in [0.05, 0.1) is 12.6 Å². The van der Waals surface area contributed by atoms with E-state index in [4.69, 9.17) is 0 Å². The molecule has 1 unspecified atom stereocenters. The third kappa shape index (κ3) is 3.97. The van der Waals surface area contributed by atoms with Crippen LogP contribution in [0, 0.1) is 0 Å². The molecule has 1 atom stereocenters. The Morgan fingerprint density at radius 1 is 1.08 bits per heavy atom. The molecule has 2 aromatic carbocycles. The highest BCUT2D eigenvalue weighted by Crippen LogP contribution is 2.26. The summed E-state index contributed by atoms with van der Waals surface area (Å²) < 4.78 is 26.5. The first kappa shape index (κ1) is 16.6. The van der Waals surface area contributed by atoms with Crippen molar-refractivity contribution in [2.24, 2.45) is 0 Å². The van der Waals surface area contributed by atoms with Crippen LogP contribution >= 0.6 is 0 Å². The van der Waals surface area contributed by atoms with E-state index in [9.17, 15) is 13.6 Å². The first-order chi connectivity index (χ1) is 11.6. The van der Waals surface area contributed by atoms with Gasteiger partial charge in [0.2, 0.25) is 5.91 Å². The van der Waals surface area contributed by atoms with Crippen LogP contribution in [0.25, 0.3) is 0 Å². The molecule has 2 N–H and O–H groups in total. The minimum atomic E-state index is -2.81. The highest BCUT2D eigenvalue weighted by Gasteiger charge is 2.42. The van der Waals surface area contributed by atoms with Crippen molar-refractivity contribution in [1.82, 2.24) is 10.6 Å². The molecule has 0 aromatic heterocycles. The number of alkyl halides is 2. The highest BCUT2D eigenvalue weighted by molar-refractivity contribution is 5.82. The summed E-state index contributed by atoms with van der Waals surface area (Å²) in [6.45, 7) is -0.0670. The highest BCUT2D eigenvalue weighted by atomic mass is 19.3. The standard InChI is InChI=1S/C19H20F2N2O/c20-19(21)11-17(23-13-19)18(24)22-12-16(14-7-3-1-4-8-14)15-9-5-2-6-10-15/h1-10,16-17,23H,11-13H2,(H,22,24). The number of hydrogen-bond donors (Lipinski definition) is 2. The average Bonchev–Trinajstić information content (AvgIpc) is 2.97. The lowest BCUT2D eigenvalue weighted by atomic mass is 9.91. The lowest BCUT2D eigenvalue weighted by molar-refractivity contribution is -0.123. The van der Waals surface area contributed by atoms with Crippen molar-refractivity contribution in [3.8, 4) is 0 Å². The van der Waals surface area contributed by atoms with Crippen molar-refractivity contribution in [3.63, 3.8) is 0 Å². The molecule has 5 heteroatoms. The van der Waals surface area contributed by atoms with Crippen molar-refractivity contribution in [2.45, 2.75) is 24.3 Å². The summed E-state index contributed by atoms with van der Waals surface area (Å²) >= 11 is 0. The van der Waals surface area contributed by atoms with Crippen molar-refractivity contribution < 1.29 is 13.6 Å². The van der Waals surface area contributed by atoms with Gasteiger partial charge >= 0.3 is 0 Å². The number of benzene rings is 2. The Bertz CT molecular complexity index is 637.